The van der Waals surface area contributed by atoms with Crippen molar-refractivity contribution in [3.63, 3.8) is 0 Å². The van der Waals surface area contributed by atoms with Gasteiger partial charge < -0.3 is 11.1 Å². The summed E-state index contributed by atoms with van der Waals surface area (Å²) in [6, 6.07) is 0.610. The van der Waals surface area contributed by atoms with Crippen LogP contribution in [0.25, 0.3) is 0 Å². The molecule has 0 aromatic carbocycles. The standard InChI is InChI=1S/C11H26N2/c1-9(2)6-10(13-5)7-11(3,4)8-12/h9-10,13H,6-8,12H2,1-5H3. The predicted molar refractivity (Wildman–Crippen MR) is 59.8 cm³/mol. The van der Waals surface area contributed by atoms with Crippen LogP contribution in [-0.2, 0) is 0 Å². The van der Waals surface area contributed by atoms with E-state index in [-0.39, 0.29) is 5.41 Å². The van der Waals surface area contributed by atoms with E-state index in [0.29, 0.717) is 6.04 Å². The fourth-order valence-corrected chi connectivity index (χ4v) is 1.62. The van der Waals surface area contributed by atoms with Crippen LogP contribution in [0, 0.1) is 11.3 Å². The molecule has 0 bridgehead atoms. The van der Waals surface area contributed by atoms with Crippen molar-refractivity contribution in [1.82, 2.24) is 5.32 Å². The second-order valence-electron chi connectivity index (χ2n) is 5.19. The van der Waals surface area contributed by atoms with E-state index in [4.69, 9.17) is 5.73 Å². The van der Waals surface area contributed by atoms with Crippen LogP contribution in [0.15, 0.2) is 0 Å². The number of nitrogens with two attached hydrogens (primary N) is 1. The Hall–Kier alpha value is -0.0800. The maximum atomic E-state index is 5.71. The number of nitrogens with one attached hydrogen (secondary N) is 1. The second-order valence-corrected chi connectivity index (χ2v) is 5.19. The van der Waals surface area contributed by atoms with Crippen molar-refractivity contribution in [3.05, 3.63) is 0 Å². The highest BCUT2D eigenvalue weighted by atomic mass is 14.9. The molecule has 2 heteroatoms. The van der Waals surface area contributed by atoms with Crippen LogP contribution in [0.4, 0.5) is 0 Å². The van der Waals surface area contributed by atoms with Crippen LogP contribution in [-0.4, -0.2) is 19.6 Å². The van der Waals surface area contributed by atoms with Gasteiger partial charge in [0.2, 0.25) is 0 Å². The van der Waals surface area contributed by atoms with Crippen molar-refractivity contribution in [1.29, 1.82) is 0 Å². The number of hydrogen-bond donors (Lipinski definition) is 2. The molecule has 0 saturated heterocycles. The van der Waals surface area contributed by atoms with Gasteiger partial charge in [0.1, 0.15) is 0 Å². The molecule has 1 unspecified atom stereocenters. The van der Waals surface area contributed by atoms with Crippen molar-refractivity contribution in [2.45, 2.75) is 46.6 Å². The zero-order chi connectivity index (χ0) is 10.5. The minimum Gasteiger partial charge on any atom is -0.330 e. The zero-order valence-corrected chi connectivity index (χ0v) is 9.85. The van der Waals surface area contributed by atoms with Crippen molar-refractivity contribution in [2.24, 2.45) is 17.1 Å². The molecule has 0 fully saturated rings. The lowest BCUT2D eigenvalue weighted by molar-refractivity contribution is 0.274. The molecule has 0 rings (SSSR count). The summed E-state index contributed by atoms with van der Waals surface area (Å²) in [5, 5.41) is 3.37. The van der Waals surface area contributed by atoms with Crippen molar-refractivity contribution in [2.75, 3.05) is 13.6 Å². The summed E-state index contributed by atoms with van der Waals surface area (Å²) in [5.74, 6) is 0.756. The van der Waals surface area contributed by atoms with E-state index in [1.165, 1.54) is 6.42 Å². The molecule has 13 heavy (non-hydrogen) atoms. The molecule has 0 spiro atoms. The van der Waals surface area contributed by atoms with Gasteiger partial charge in [0.25, 0.3) is 0 Å². The summed E-state index contributed by atoms with van der Waals surface area (Å²) in [5.41, 5.74) is 5.98. The molecule has 1 atom stereocenters. The first-order valence-corrected chi connectivity index (χ1v) is 5.28. The lowest BCUT2D eigenvalue weighted by Gasteiger charge is -2.29. The van der Waals surface area contributed by atoms with Crippen LogP contribution >= 0.6 is 0 Å². The quantitative estimate of drug-likeness (QED) is 0.666. The van der Waals surface area contributed by atoms with Crippen LogP contribution in [0.5, 0.6) is 0 Å². The Balaban J connectivity index is 3.97. The smallest absolute Gasteiger partial charge is 0.00720 e. The van der Waals surface area contributed by atoms with Crippen LogP contribution in [0.3, 0.4) is 0 Å². The molecule has 0 aliphatic rings. The summed E-state index contributed by atoms with van der Waals surface area (Å²) in [7, 11) is 2.04. The van der Waals surface area contributed by atoms with E-state index >= 15 is 0 Å². The molecule has 80 valence electrons. The average Bonchev–Trinajstić information content (AvgIpc) is 2.02. The summed E-state index contributed by atoms with van der Waals surface area (Å²) in [6.07, 6.45) is 2.40. The summed E-state index contributed by atoms with van der Waals surface area (Å²) in [6.45, 7) is 9.76. The van der Waals surface area contributed by atoms with Gasteiger partial charge in [0.05, 0.1) is 0 Å². The van der Waals surface area contributed by atoms with Gasteiger partial charge in [-0.25, -0.2) is 0 Å². The van der Waals surface area contributed by atoms with E-state index in [0.717, 1.165) is 18.9 Å². The third-order valence-electron chi connectivity index (χ3n) is 2.52. The fourth-order valence-electron chi connectivity index (χ4n) is 1.62. The molecule has 0 heterocycles. The predicted octanol–water partition coefficient (Wildman–Crippen LogP) is 2.00. The summed E-state index contributed by atoms with van der Waals surface area (Å²) in [4.78, 5) is 0. The Kier molecular flexibility index (Phi) is 5.57. The average molecular weight is 186 g/mol. The minimum atomic E-state index is 0.266. The Bertz CT molecular complexity index is 130. The van der Waals surface area contributed by atoms with Crippen molar-refractivity contribution in [3.8, 4) is 0 Å². The molecule has 0 amide bonds. The molecular formula is C11H26N2. The monoisotopic (exact) mass is 186 g/mol. The highest BCUT2D eigenvalue weighted by molar-refractivity contribution is 4.78. The zero-order valence-electron chi connectivity index (χ0n) is 9.85. The van der Waals surface area contributed by atoms with Gasteiger partial charge in [-0.1, -0.05) is 27.7 Å². The molecule has 0 aromatic heterocycles. The molecule has 0 saturated carbocycles. The molecule has 0 radical (unpaired) electrons. The fraction of sp³-hybridized carbons (Fsp3) is 1.00. The summed E-state index contributed by atoms with van der Waals surface area (Å²) >= 11 is 0. The van der Waals surface area contributed by atoms with Gasteiger partial charge in [-0.2, -0.15) is 0 Å². The van der Waals surface area contributed by atoms with Gasteiger partial charge >= 0.3 is 0 Å². The van der Waals surface area contributed by atoms with E-state index < -0.39 is 0 Å². The van der Waals surface area contributed by atoms with E-state index in [1.54, 1.807) is 0 Å². The molecule has 2 nitrogen and oxygen atoms in total. The van der Waals surface area contributed by atoms with Crippen molar-refractivity contribution < 1.29 is 0 Å². The van der Waals surface area contributed by atoms with Crippen LogP contribution in [0.1, 0.15) is 40.5 Å². The van der Waals surface area contributed by atoms with Crippen LogP contribution in [0.2, 0.25) is 0 Å². The Morgan fingerprint density at radius 1 is 1.31 bits per heavy atom. The molecule has 3 N–H and O–H groups in total. The largest absolute Gasteiger partial charge is 0.330 e. The van der Waals surface area contributed by atoms with Gasteiger partial charge in [-0.3, -0.25) is 0 Å². The highest BCUT2D eigenvalue weighted by Crippen LogP contribution is 2.23. The third-order valence-corrected chi connectivity index (χ3v) is 2.52. The normalized spacial score (nSPS) is 15.0. The SMILES string of the molecule is CNC(CC(C)C)CC(C)(C)CN. The maximum absolute atomic E-state index is 5.71. The topological polar surface area (TPSA) is 38.0 Å². The van der Waals surface area contributed by atoms with Gasteiger partial charge in [-0.15, -0.1) is 0 Å². The lowest BCUT2D eigenvalue weighted by atomic mass is 9.83. The van der Waals surface area contributed by atoms with Crippen molar-refractivity contribution >= 4 is 0 Å². The van der Waals surface area contributed by atoms with E-state index in [9.17, 15) is 0 Å². The Morgan fingerprint density at radius 3 is 2.15 bits per heavy atom. The number of rotatable bonds is 6. The van der Waals surface area contributed by atoms with Gasteiger partial charge in [0, 0.05) is 6.04 Å². The van der Waals surface area contributed by atoms with Gasteiger partial charge in [-0.05, 0) is 37.8 Å². The minimum absolute atomic E-state index is 0.266. The Morgan fingerprint density at radius 2 is 1.85 bits per heavy atom. The van der Waals surface area contributed by atoms with E-state index in [1.807, 2.05) is 7.05 Å². The summed E-state index contributed by atoms with van der Waals surface area (Å²) < 4.78 is 0. The van der Waals surface area contributed by atoms with Crippen LogP contribution < -0.4 is 11.1 Å². The number of hydrogen-bond acceptors (Lipinski definition) is 2. The molecule has 0 aliphatic heterocycles. The van der Waals surface area contributed by atoms with E-state index in [2.05, 4.69) is 33.0 Å². The highest BCUT2D eigenvalue weighted by Gasteiger charge is 2.21. The van der Waals surface area contributed by atoms with Gasteiger partial charge in [0.15, 0.2) is 0 Å². The maximum Gasteiger partial charge on any atom is 0.00720 e. The first-order valence-electron chi connectivity index (χ1n) is 5.28. The lowest BCUT2D eigenvalue weighted by Crippen LogP contribution is -2.35. The molecular weight excluding hydrogens is 160 g/mol. The third kappa shape index (κ3) is 6.05. The molecule has 0 aromatic rings. The first kappa shape index (κ1) is 12.9. The molecule has 0 aliphatic carbocycles. The second kappa shape index (κ2) is 5.61. The Labute approximate surface area is 83.3 Å². The first-order chi connectivity index (χ1) is 5.91.